The Morgan fingerprint density at radius 3 is 2.18 bits per heavy atom. The van der Waals surface area contributed by atoms with Crippen molar-refractivity contribution >= 4 is 11.8 Å². The summed E-state index contributed by atoms with van der Waals surface area (Å²) in [6, 6.07) is 0. The van der Waals surface area contributed by atoms with Crippen LogP contribution in [0, 0.1) is 0 Å². The van der Waals surface area contributed by atoms with E-state index in [4.69, 9.17) is 5.73 Å². The van der Waals surface area contributed by atoms with Gasteiger partial charge in [0.15, 0.2) is 0 Å². The lowest BCUT2D eigenvalue weighted by Crippen LogP contribution is -2.44. The maximum Gasteiger partial charge on any atom is 0.309 e. The molecule has 1 fully saturated rings. The highest BCUT2D eigenvalue weighted by atomic mass is 16.2. The number of nitrogens with zero attached hydrogens (tertiary/aromatic N) is 1. The Balaban J connectivity index is 2.08. The number of amides is 2. The second kappa shape index (κ2) is 8.03. The lowest BCUT2D eigenvalue weighted by Gasteiger charge is -2.26. The molecule has 2 amide bonds. The van der Waals surface area contributed by atoms with Crippen molar-refractivity contribution in [3.8, 4) is 0 Å². The van der Waals surface area contributed by atoms with Gasteiger partial charge < -0.3 is 21.3 Å². The molecule has 1 heterocycles. The summed E-state index contributed by atoms with van der Waals surface area (Å²) in [5.41, 5.74) is 5.22. The fourth-order valence-electron chi connectivity index (χ4n) is 1.86. The van der Waals surface area contributed by atoms with Crippen LogP contribution in [0.25, 0.3) is 0 Å². The first kappa shape index (κ1) is 13.9. The van der Waals surface area contributed by atoms with E-state index < -0.39 is 11.8 Å². The third-order valence-electron chi connectivity index (χ3n) is 2.80. The minimum Gasteiger partial charge on any atom is -0.347 e. The van der Waals surface area contributed by atoms with Gasteiger partial charge in [-0.2, -0.15) is 0 Å². The number of rotatable bonds is 5. The summed E-state index contributed by atoms with van der Waals surface area (Å²) in [5.74, 6) is -1.18. The number of carbonyl (C=O) groups excluding carboxylic acids is 2. The molecule has 4 N–H and O–H groups in total. The molecule has 98 valence electrons. The average molecular weight is 242 g/mol. The van der Waals surface area contributed by atoms with Crippen molar-refractivity contribution in [1.29, 1.82) is 0 Å². The molecule has 0 spiro atoms. The highest BCUT2D eigenvalue weighted by molar-refractivity contribution is 6.35. The van der Waals surface area contributed by atoms with E-state index in [1.807, 2.05) is 0 Å². The van der Waals surface area contributed by atoms with Gasteiger partial charge in [-0.3, -0.25) is 9.59 Å². The molecule has 17 heavy (non-hydrogen) atoms. The van der Waals surface area contributed by atoms with E-state index in [9.17, 15) is 9.59 Å². The Morgan fingerprint density at radius 1 is 1.00 bits per heavy atom. The molecule has 0 aromatic carbocycles. The number of nitrogens with one attached hydrogen (secondary N) is 2. The van der Waals surface area contributed by atoms with Gasteiger partial charge in [0.05, 0.1) is 0 Å². The lowest BCUT2D eigenvalue weighted by molar-refractivity contribution is -0.139. The first-order valence-corrected chi connectivity index (χ1v) is 6.22. The van der Waals surface area contributed by atoms with Gasteiger partial charge >= 0.3 is 11.8 Å². The topological polar surface area (TPSA) is 87.5 Å². The van der Waals surface area contributed by atoms with E-state index >= 15 is 0 Å². The molecule has 0 bridgehead atoms. The van der Waals surface area contributed by atoms with E-state index in [2.05, 4.69) is 15.5 Å². The third kappa shape index (κ3) is 5.65. The first-order valence-electron chi connectivity index (χ1n) is 6.22. The second-order valence-corrected chi connectivity index (χ2v) is 4.20. The van der Waals surface area contributed by atoms with Gasteiger partial charge in [0.1, 0.15) is 0 Å². The third-order valence-corrected chi connectivity index (χ3v) is 2.80. The van der Waals surface area contributed by atoms with Crippen LogP contribution in [0.1, 0.15) is 19.3 Å². The molecule has 0 saturated carbocycles. The molecule has 1 rings (SSSR count). The van der Waals surface area contributed by atoms with Gasteiger partial charge in [0.2, 0.25) is 0 Å². The smallest absolute Gasteiger partial charge is 0.309 e. The minimum absolute atomic E-state index is 0.332. The molecule has 0 radical (unpaired) electrons. The monoisotopic (exact) mass is 242 g/mol. The largest absolute Gasteiger partial charge is 0.347 e. The van der Waals surface area contributed by atoms with Crippen molar-refractivity contribution in [3.05, 3.63) is 0 Å². The Hall–Kier alpha value is -1.14. The van der Waals surface area contributed by atoms with Crippen molar-refractivity contribution in [1.82, 2.24) is 15.5 Å². The molecule has 0 atom stereocenters. The molecule has 0 aromatic rings. The van der Waals surface area contributed by atoms with Crippen molar-refractivity contribution in [3.63, 3.8) is 0 Å². The van der Waals surface area contributed by atoms with Gasteiger partial charge in [0, 0.05) is 26.2 Å². The summed E-state index contributed by atoms with van der Waals surface area (Å²) in [6.07, 6.45) is 3.75. The highest BCUT2D eigenvalue weighted by Gasteiger charge is 2.13. The number of carbonyl (C=O) groups is 2. The quantitative estimate of drug-likeness (QED) is 0.521. The van der Waals surface area contributed by atoms with Gasteiger partial charge in [-0.15, -0.1) is 0 Å². The molecular weight excluding hydrogens is 220 g/mol. The Bertz CT molecular complexity index is 252. The zero-order valence-corrected chi connectivity index (χ0v) is 10.2. The molecular formula is C11H22N4O2. The zero-order valence-electron chi connectivity index (χ0n) is 10.2. The van der Waals surface area contributed by atoms with Crippen LogP contribution >= 0.6 is 0 Å². The van der Waals surface area contributed by atoms with Gasteiger partial charge in [-0.25, -0.2) is 0 Å². The fourth-order valence-corrected chi connectivity index (χ4v) is 1.86. The van der Waals surface area contributed by atoms with E-state index in [0.29, 0.717) is 19.6 Å². The standard InChI is InChI=1S/C11H22N4O2/c12-4-5-13-10(16)11(17)14-6-9-15-7-2-1-3-8-15/h1-9,12H2,(H,13,16)(H,14,17). The first-order chi connectivity index (χ1) is 8.24. The molecule has 0 aromatic heterocycles. The van der Waals surface area contributed by atoms with Crippen molar-refractivity contribution in [2.24, 2.45) is 5.73 Å². The van der Waals surface area contributed by atoms with Crippen LogP contribution < -0.4 is 16.4 Å². The van der Waals surface area contributed by atoms with E-state index in [1.54, 1.807) is 0 Å². The van der Waals surface area contributed by atoms with Crippen LogP contribution in [0.5, 0.6) is 0 Å². The van der Waals surface area contributed by atoms with Crippen molar-refractivity contribution < 1.29 is 9.59 Å². The van der Waals surface area contributed by atoms with Crippen LogP contribution in [0.4, 0.5) is 0 Å². The van der Waals surface area contributed by atoms with E-state index in [1.165, 1.54) is 19.3 Å². The molecule has 6 heteroatoms. The van der Waals surface area contributed by atoms with Crippen LogP contribution in [0.15, 0.2) is 0 Å². The predicted octanol–water partition coefficient (Wildman–Crippen LogP) is -1.34. The molecule has 1 aliphatic heterocycles. The number of nitrogens with two attached hydrogens (primary N) is 1. The molecule has 0 aliphatic carbocycles. The van der Waals surface area contributed by atoms with E-state index in [-0.39, 0.29) is 0 Å². The maximum absolute atomic E-state index is 11.3. The Labute approximate surface area is 102 Å². The summed E-state index contributed by atoms with van der Waals surface area (Å²) in [6.45, 7) is 4.19. The fraction of sp³-hybridized carbons (Fsp3) is 0.818. The predicted molar refractivity (Wildman–Crippen MR) is 65.4 cm³/mol. The van der Waals surface area contributed by atoms with Crippen molar-refractivity contribution in [2.75, 3.05) is 39.3 Å². The van der Waals surface area contributed by atoms with E-state index in [0.717, 1.165) is 19.6 Å². The summed E-state index contributed by atoms with van der Waals surface area (Å²) in [5, 5.41) is 5.04. The molecule has 1 saturated heterocycles. The normalized spacial score (nSPS) is 16.5. The summed E-state index contributed by atoms with van der Waals surface area (Å²) in [7, 11) is 0. The molecule has 1 aliphatic rings. The minimum atomic E-state index is -0.603. The summed E-state index contributed by atoms with van der Waals surface area (Å²) in [4.78, 5) is 24.8. The Morgan fingerprint density at radius 2 is 1.59 bits per heavy atom. The average Bonchev–Trinajstić information content (AvgIpc) is 2.37. The van der Waals surface area contributed by atoms with Gasteiger partial charge in [-0.1, -0.05) is 6.42 Å². The highest BCUT2D eigenvalue weighted by Crippen LogP contribution is 2.07. The summed E-state index contributed by atoms with van der Waals surface area (Å²) < 4.78 is 0. The molecule has 0 unspecified atom stereocenters. The number of hydrogen-bond acceptors (Lipinski definition) is 4. The van der Waals surface area contributed by atoms with Gasteiger partial charge in [0.25, 0.3) is 0 Å². The number of piperidine rings is 1. The van der Waals surface area contributed by atoms with Crippen LogP contribution in [0.3, 0.4) is 0 Å². The Kier molecular flexibility index (Phi) is 6.57. The number of hydrogen-bond donors (Lipinski definition) is 3. The SMILES string of the molecule is NCCNC(=O)C(=O)NCCN1CCCCC1. The zero-order chi connectivity index (χ0) is 12.5. The molecule has 6 nitrogen and oxygen atoms in total. The lowest BCUT2D eigenvalue weighted by atomic mass is 10.1. The van der Waals surface area contributed by atoms with Crippen LogP contribution in [-0.4, -0.2) is 56.0 Å². The summed E-state index contributed by atoms with van der Waals surface area (Å²) >= 11 is 0. The second-order valence-electron chi connectivity index (χ2n) is 4.20. The van der Waals surface area contributed by atoms with Gasteiger partial charge in [-0.05, 0) is 25.9 Å². The van der Waals surface area contributed by atoms with Crippen molar-refractivity contribution in [2.45, 2.75) is 19.3 Å². The number of likely N-dealkylation sites (tertiary alicyclic amines) is 1. The van der Waals surface area contributed by atoms with Crippen LogP contribution in [-0.2, 0) is 9.59 Å². The van der Waals surface area contributed by atoms with Crippen LogP contribution in [0.2, 0.25) is 0 Å². The maximum atomic E-state index is 11.3.